The third-order valence-electron chi connectivity index (χ3n) is 3.27. The van der Waals surface area contributed by atoms with Crippen molar-refractivity contribution in [1.82, 2.24) is 10.6 Å². The number of hydrogen-bond donors (Lipinski definition) is 2. The molecule has 2 rings (SSSR count). The molecule has 2 N–H and O–H groups in total. The fraction of sp³-hybridized carbons (Fsp3) is 0.176. The van der Waals surface area contributed by atoms with E-state index in [0.717, 1.165) is 6.07 Å². The molecule has 126 valence electrons. The first-order valence-corrected chi connectivity index (χ1v) is 7.59. The van der Waals surface area contributed by atoms with Crippen LogP contribution < -0.4 is 10.6 Å². The molecule has 0 aliphatic rings. The fourth-order valence-electron chi connectivity index (χ4n) is 2.06. The van der Waals surface area contributed by atoms with Gasteiger partial charge in [-0.3, -0.25) is 9.59 Å². The zero-order valence-corrected chi connectivity index (χ0v) is 13.4. The molecule has 2 aromatic carbocycles. The molecule has 0 fully saturated rings. The Morgan fingerprint density at radius 1 is 0.958 bits per heavy atom. The highest BCUT2D eigenvalue weighted by Crippen LogP contribution is 2.18. The predicted octanol–water partition coefficient (Wildman–Crippen LogP) is 2.71. The van der Waals surface area contributed by atoms with E-state index in [1.807, 2.05) is 0 Å². The number of nitrogens with one attached hydrogen (secondary N) is 2. The Bertz CT molecular complexity index is 733. The first-order valence-electron chi connectivity index (χ1n) is 7.21. The summed E-state index contributed by atoms with van der Waals surface area (Å²) in [5, 5.41) is 4.80. The smallest absolute Gasteiger partial charge is 0.256 e. The quantitative estimate of drug-likeness (QED) is 0.839. The van der Waals surface area contributed by atoms with Crippen LogP contribution in [0.25, 0.3) is 0 Å². The lowest BCUT2D eigenvalue weighted by Gasteiger charge is -2.09. The van der Waals surface area contributed by atoms with Crippen molar-refractivity contribution in [3.8, 4) is 0 Å². The molecule has 0 saturated heterocycles. The lowest BCUT2D eigenvalue weighted by molar-refractivity contribution is -0.120. The van der Waals surface area contributed by atoms with Crippen LogP contribution in [0, 0.1) is 11.6 Å². The van der Waals surface area contributed by atoms with E-state index < -0.39 is 17.6 Å². The van der Waals surface area contributed by atoms with Crippen LogP contribution in [0.15, 0.2) is 42.5 Å². The van der Waals surface area contributed by atoms with Crippen LogP contribution in [-0.2, 0) is 11.2 Å². The molecule has 2 amide bonds. The largest absolute Gasteiger partial charge is 0.354 e. The lowest BCUT2D eigenvalue weighted by Crippen LogP contribution is -2.38. The Morgan fingerprint density at radius 3 is 2.38 bits per heavy atom. The van der Waals surface area contributed by atoms with Gasteiger partial charge in [0.15, 0.2) is 0 Å². The predicted molar refractivity (Wildman–Crippen MR) is 86.9 cm³/mol. The minimum Gasteiger partial charge on any atom is -0.354 e. The third kappa shape index (κ3) is 4.76. The van der Waals surface area contributed by atoms with Crippen LogP contribution in [0.2, 0.25) is 5.02 Å². The van der Waals surface area contributed by atoms with E-state index in [1.54, 1.807) is 18.2 Å². The second-order valence-electron chi connectivity index (χ2n) is 4.97. The number of rotatable bonds is 6. The molecule has 0 bridgehead atoms. The summed E-state index contributed by atoms with van der Waals surface area (Å²) >= 11 is 5.77. The maximum atomic E-state index is 13.6. The first kappa shape index (κ1) is 17.9. The Kier molecular flexibility index (Phi) is 6.26. The molecule has 0 atom stereocenters. The molecular weight excluding hydrogens is 338 g/mol. The highest BCUT2D eigenvalue weighted by atomic mass is 35.5. The molecule has 0 heterocycles. The van der Waals surface area contributed by atoms with Gasteiger partial charge < -0.3 is 10.6 Å². The standard InChI is InChI=1S/C17H15ClF2N2O2/c18-12-5-3-7-14(20)16(12)17(24)22-10-15(23)21-9-8-11-4-1-2-6-13(11)19/h1-7H,8-10H2,(H,21,23)(H,22,24). The number of hydrogen-bond acceptors (Lipinski definition) is 2. The zero-order chi connectivity index (χ0) is 17.5. The zero-order valence-electron chi connectivity index (χ0n) is 12.6. The van der Waals surface area contributed by atoms with Gasteiger partial charge in [-0.25, -0.2) is 8.78 Å². The Hall–Kier alpha value is -2.47. The highest BCUT2D eigenvalue weighted by molar-refractivity contribution is 6.33. The van der Waals surface area contributed by atoms with Crippen molar-refractivity contribution in [3.05, 3.63) is 70.2 Å². The molecular formula is C17H15ClF2N2O2. The average Bonchev–Trinajstić information content (AvgIpc) is 2.54. The summed E-state index contributed by atoms with van der Waals surface area (Å²) in [5.41, 5.74) is 0.179. The van der Waals surface area contributed by atoms with Crippen LogP contribution in [0.4, 0.5) is 8.78 Å². The van der Waals surface area contributed by atoms with Gasteiger partial charge in [0, 0.05) is 6.54 Å². The van der Waals surface area contributed by atoms with Crippen molar-refractivity contribution < 1.29 is 18.4 Å². The van der Waals surface area contributed by atoms with E-state index in [4.69, 9.17) is 11.6 Å². The Labute approximate surface area is 142 Å². The van der Waals surface area contributed by atoms with Gasteiger partial charge in [-0.2, -0.15) is 0 Å². The van der Waals surface area contributed by atoms with Crippen molar-refractivity contribution in [2.75, 3.05) is 13.1 Å². The van der Waals surface area contributed by atoms with Crippen molar-refractivity contribution in [3.63, 3.8) is 0 Å². The SMILES string of the molecule is O=C(CNC(=O)c1c(F)cccc1Cl)NCCc1ccccc1F. The summed E-state index contributed by atoms with van der Waals surface area (Å²) in [6.45, 7) is -0.114. The van der Waals surface area contributed by atoms with Gasteiger partial charge in [-0.1, -0.05) is 35.9 Å². The number of benzene rings is 2. The number of halogens is 3. The molecule has 0 aliphatic heterocycles. The minimum atomic E-state index is -0.776. The molecule has 0 unspecified atom stereocenters. The van der Waals surface area contributed by atoms with Gasteiger partial charge in [0.05, 0.1) is 17.1 Å². The molecule has 4 nitrogen and oxygen atoms in total. The maximum absolute atomic E-state index is 13.6. The van der Waals surface area contributed by atoms with E-state index in [2.05, 4.69) is 10.6 Å². The molecule has 7 heteroatoms. The van der Waals surface area contributed by atoms with E-state index in [0.29, 0.717) is 12.0 Å². The number of amides is 2. The van der Waals surface area contributed by atoms with Crippen LogP contribution in [0.5, 0.6) is 0 Å². The maximum Gasteiger partial charge on any atom is 0.256 e. The van der Waals surface area contributed by atoms with Crippen LogP contribution in [0.3, 0.4) is 0 Å². The minimum absolute atomic E-state index is 0.0348. The van der Waals surface area contributed by atoms with Gasteiger partial charge in [-0.15, -0.1) is 0 Å². The Morgan fingerprint density at radius 2 is 1.67 bits per heavy atom. The van der Waals surface area contributed by atoms with E-state index in [1.165, 1.54) is 18.2 Å². The summed E-state index contributed by atoms with van der Waals surface area (Å²) in [4.78, 5) is 23.5. The summed E-state index contributed by atoms with van der Waals surface area (Å²) in [5.74, 6) is -2.34. The summed E-state index contributed by atoms with van der Waals surface area (Å²) in [6, 6.07) is 10.1. The number of carbonyl (C=O) groups is 2. The van der Waals surface area contributed by atoms with Crippen LogP contribution >= 0.6 is 11.6 Å². The van der Waals surface area contributed by atoms with E-state index in [9.17, 15) is 18.4 Å². The molecule has 2 aromatic rings. The van der Waals surface area contributed by atoms with Gasteiger partial charge in [0.1, 0.15) is 11.6 Å². The monoisotopic (exact) mass is 352 g/mol. The van der Waals surface area contributed by atoms with Gasteiger partial charge >= 0.3 is 0 Å². The van der Waals surface area contributed by atoms with Crippen LogP contribution in [-0.4, -0.2) is 24.9 Å². The molecule has 0 aromatic heterocycles. The molecule has 0 aliphatic carbocycles. The summed E-state index contributed by atoms with van der Waals surface area (Å²) < 4.78 is 27.0. The lowest BCUT2D eigenvalue weighted by atomic mass is 10.1. The highest BCUT2D eigenvalue weighted by Gasteiger charge is 2.16. The van der Waals surface area contributed by atoms with Gasteiger partial charge in [0.25, 0.3) is 5.91 Å². The van der Waals surface area contributed by atoms with E-state index >= 15 is 0 Å². The molecule has 0 radical (unpaired) electrons. The molecule has 0 saturated carbocycles. The molecule has 0 spiro atoms. The second kappa shape index (κ2) is 8.40. The summed E-state index contributed by atoms with van der Waals surface area (Å²) in [6.07, 6.45) is 0.325. The normalized spacial score (nSPS) is 10.3. The fourth-order valence-corrected chi connectivity index (χ4v) is 2.31. The third-order valence-corrected chi connectivity index (χ3v) is 3.59. The first-order chi connectivity index (χ1) is 11.5. The Balaban J connectivity index is 1.79. The van der Waals surface area contributed by atoms with Crippen molar-refractivity contribution >= 4 is 23.4 Å². The van der Waals surface area contributed by atoms with Crippen molar-refractivity contribution in [1.29, 1.82) is 0 Å². The number of carbonyl (C=O) groups excluding carboxylic acids is 2. The summed E-state index contributed by atoms with van der Waals surface area (Å²) in [7, 11) is 0. The topological polar surface area (TPSA) is 58.2 Å². The van der Waals surface area contributed by atoms with Crippen molar-refractivity contribution in [2.45, 2.75) is 6.42 Å². The van der Waals surface area contributed by atoms with Gasteiger partial charge in [0.2, 0.25) is 5.91 Å². The van der Waals surface area contributed by atoms with Gasteiger partial charge in [-0.05, 0) is 30.2 Å². The average molecular weight is 353 g/mol. The molecule has 24 heavy (non-hydrogen) atoms. The van der Waals surface area contributed by atoms with Crippen LogP contribution in [0.1, 0.15) is 15.9 Å². The van der Waals surface area contributed by atoms with Crippen molar-refractivity contribution in [2.24, 2.45) is 0 Å². The van der Waals surface area contributed by atoms with E-state index in [-0.39, 0.29) is 29.5 Å². The second-order valence-corrected chi connectivity index (χ2v) is 5.38.